The summed E-state index contributed by atoms with van der Waals surface area (Å²) in [7, 11) is 1.28. The first-order chi connectivity index (χ1) is 6.49. The van der Waals surface area contributed by atoms with Crippen LogP contribution in [0.2, 0.25) is 0 Å². The highest BCUT2D eigenvalue weighted by Gasteiger charge is 2.19. The number of carbonyl (C=O) groups is 1. The first-order valence-corrected chi connectivity index (χ1v) is 4.50. The van der Waals surface area contributed by atoms with Gasteiger partial charge in [0.2, 0.25) is 0 Å². The molecule has 0 spiro atoms. The van der Waals surface area contributed by atoms with Crippen molar-refractivity contribution in [1.82, 2.24) is 0 Å². The summed E-state index contributed by atoms with van der Waals surface area (Å²) in [5.74, 6) is -2.52. The predicted octanol–water partition coefficient (Wildman–Crippen LogP) is 2.94. The third kappa shape index (κ3) is 1.77. The summed E-state index contributed by atoms with van der Waals surface area (Å²) in [5, 5.41) is 0. The van der Waals surface area contributed by atoms with Gasteiger partial charge in [0.05, 0.1) is 17.1 Å². The number of rotatable bonds is 2. The maximum atomic E-state index is 13.0. The van der Waals surface area contributed by atoms with Crippen LogP contribution in [-0.4, -0.2) is 12.9 Å². The summed E-state index contributed by atoms with van der Waals surface area (Å²) in [6, 6.07) is 0.821. The molecule has 1 rings (SSSR count). The first-order valence-electron chi connectivity index (χ1n) is 3.71. The highest BCUT2D eigenvalue weighted by Crippen LogP contribution is 2.33. The largest absolute Gasteiger partial charge is 0.495 e. The molecule has 76 valence electrons. The lowest BCUT2D eigenvalue weighted by atomic mass is 10.1. The summed E-state index contributed by atoms with van der Waals surface area (Å²) < 4.78 is 30.5. The van der Waals surface area contributed by atoms with Crippen molar-refractivity contribution < 1.29 is 18.3 Å². The Hall–Kier alpha value is -0.970. The Morgan fingerprint density at radius 3 is 2.50 bits per heavy atom. The van der Waals surface area contributed by atoms with Crippen molar-refractivity contribution in [3.05, 3.63) is 27.7 Å². The minimum absolute atomic E-state index is 0.0106. The molecule has 0 unspecified atom stereocenters. The zero-order chi connectivity index (χ0) is 10.9. The second kappa shape index (κ2) is 4.04. The average molecular weight is 265 g/mol. The van der Waals surface area contributed by atoms with Crippen LogP contribution in [0.1, 0.15) is 17.3 Å². The first kappa shape index (κ1) is 11.1. The van der Waals surface area contributed by atoms with Crippen LogP contribution in [0.5, 0.6) is 5.75 Å². The Morgan fingerprint density at radius 1 is 1.50 bits per heavy atom. The van der Waals surface area contributed by atoms with Gasteiger partial charge < -0.3 is 4.74 Å². The maximum absolute atomic E-state index is 13.0. The molecule has 1 aromatic carbocycles. The molecular formula is C9H7BrF2O2. The number of hydrogen-bond donors (Lipinski definition) is 0. The van der Waals surface area contributed by atoms with E-state index < -0.39 is 11.6 Å². The number of methoxy groups -OCH3 is 1. The van der Waals surface area contributed by atoms with Gasteiger partial charge in [-0.05, 0) is 28.9 Å². The highest BCUT2D eigenvalue weighted by molar-refractivity contribution is 9.10. The van der Waals surface area contributed by atoms with Crippen molar-refractivity contribution in [2.24, 2.45) is 0 Å². The van der Waals surface area contributed by atoms with Gasteiger partial charge in [-0.3, -0.25) is 4.79 Å². The lowest BCUT2D eigenvalue weighted by Gasteiger charge is -2.09. The minimum Gasteiger partial charge on any atom is -0.495 e. The lowest BCUT2D eigenvalue weighted by molar-refractivity contribution is 0.101. The van der Waals surface area contributed by atoms with E-state index in [0.717, 1.165) is 6.07 Å². The van der Waals surface area contributed by atoms with Gasteiger partial charge in [-0.25, -0.2) is 8.78 Å². The molecule has 0 aliphatic heterocycles. The fraction of sp³-hybridized carbons (Fsp3) is 0.222. The molecule has 0 heterocycles. The summed E-state index contributed by atoms with van der Waals surface area (Å²) >= 11 is 2.82. The molecule has 0 aromatic heterocycles. The zero-order valence-electron chi connectivity index (χ0n) is 7.53. The number of benzene rings is 1. The summed E-state index contributed by atoms with van der Waals surface area (Å²) in [6.07, 6.45) is 0. The predicted molar refractivity (Wildman–Crippen MR) is 50.6 cm³/mol. The van der Waals surface area contributed by atoms with Crippen molar-refractivity contribution in [1.29, 1.82) is 0 Å². The van der Waals surface area contributed by atoms with Crippen LogP contribution in [0.3, 0.4) is 0 Å². The quantitative estimate of drug-likeness (QED) is 0.607. The molecule has 0 saturated heterocycles. The number of halogens is 3. The molecule has 2 nitrogen and oxygen atoms in total. The van der Waals surface area contributed by atoms with Gasteiger partial charge in [-0.2, -0.15) is 0 Å². The average Bonchev–Trinajstić information content (AvgIpc) is 2.13. The normalized spacial score (nSPS) is 10.1. The number of Topliss-reactive ketones (excluding diaryl/α,β-unsaturated/α-hetero) is 1. The molecule has 1 aromatic rings. The molecule has 0 N–H and O–H groups in total. The summed E-state index contributed by atoms with van der Waals surface area (Å²) in [6.45, 7) is 1.25. The monoisotopic (exact) mass is 264 g/mol. The van der Waals surface area contributed by atoms with E-state index in [2.05, 4.69) is 15.9 Å². The van der Waals surface area contributed by atoms with Gasteiger partial charge >= 0.3 is 0 Å². The van der Waals surface area contributed by atoms with E-state index in [0.29, 0.717) is 0 Å². The van der Waals surface area contributed by atoms with E-state index in [9.17, 15) is 13.6 Å². The topological polar surface area (TPSA) is 26.3 Å². The number of hydrogen-bond acceptors (Lipinski definition) is 2. The molecule has 0 aliphatic carbocycles. The van der Waals surface area contributed by atoms with Gasteiger partial charge in [0.15, 0.2) is 17.4 Å². The zero-order valence-corrected chi connectivity index (χ0v) is 9.11. The molecule has 0 fully saturated rings. The molecule has 14 heavy (non-hydrogen) atoms. The maximum Gasteiger partial charge on any atom is 0.176 e. The second-order valence-electron chi connectivity index (χ2n) is 2.62. The Morgan fingerprint density at radius 2 is 2.07 bits per heavy atom. The highest BCUT2D eigenvalue weighted by atomic mass is 79.9. The van der Waals surface area contributed by atoms with Gasteiger partial charge in [-0.1, -0.05) is 0 Å². The van der Waals surface area contributed by atoms with E-state index in [1.54, 1.807) is 0 Å². The van der Waals surface area contributed by atoms with Crippen LogP contribution < -0.4 is 4.74 Å². The van der Waals surface area contributed by atoms with Crippen LogP contribution in [0.25, 0.3) is 0 Å². The fourth-order valence-electron chi connectivity index (χ4n) is 1.04. The third-order valence-electron chi connectivity index (χ3n) is 1.70. The number of ether oxygens (including phenoxy) is 1. The fourth-order valence-corrected chi connectivity index (χ4v) is 1.60. The third-order valence-corrected chi connectivity index (χ3v) is 2.41. The van der Waals surface area contributed by atoms with Crippen LogP contribution in [-0.2, 0) is 0 Å². The Kier molecular flexibility index (Phi) is 3.21. The molecule has 0 bridgehead atoms. The van der Waals surface area contributed by atoms with Crippen LogP contribution >= 0.6 is 15.9 Å². The van der Waals surface area contributed by atoms with E-state index in [-0.39, 0.29) is 21.6 Å². The molecule has 0 atom stereocenters. The lowest BCUT2D eigenvalue weighted by Crippen LogP contribution is -2.02. The Labute approximate surface area is 88.0 Å². The smallest absolute Gasteiger partial charge is 0.176 e. The van der Waals surface area contributed by atoms with Crippen molar-refractivity contribution in [2.75, 3.05) is 7.11 Å². The van der Waals surface area contributed by atoms with Crippen molar-refractivity contribution >= 4 is 21.7 Å². The van der Waals surface area contributed by atoms with Crippen molar-refractivity contribution in [3.63, 3.8) is 0 Å². The molecule has 5 heteroatoms. The molecular weight excluding hydrogens is 258 g/mol. The molecule has 0 aliphatic rings. The van der Waals surface area contributed by atoms with Gasteiger partial charge in [0, 0.05) is 0 Å². The number of ketones is 1. The van der Waals surface area contributed by atoms with Gasteiger partial charge in [-0.15, -0.1) is 0 Å². The molecule has 0 saturated carbocycles. The Balaban J connectivity index is 3.51. The van der Waals surface area contributed by atoms with E-state index in [1.165, 1.54) is 14.0 Å². The molecule has 0 radical (unpaired) electrons. The van der Waals surface area contributed by atoms with Crippen LogP contribution in [0, 0.1) is 11.6 Å². The van der Waals surface area contributed by atoms with E-state index >= 15 is 0 Å². The molecule has 0 amide bonds. The van der Waals surface area contributed by atoms with Crippen LogP contribution in [0.15, 0.2) is 10.5 Å². The minimum atomic E-state index is -1.08. The SMILES string of the molecule is COc1c(C(C)=O)cc(F)c(F)c1Br. The second-order valence-corrected chi connectivity index (χ2v) is 3.42. The standard InChI is InChI=1S/C9H7BrF2O2/c1-4(13)5-3-6(11)8(12)7(10)9(5)14-2/h3H,1-2H3. The van der Waals surface area contributed by atoms with Crippen molar-refractivity contribution in [2.45, 2.75) is 6.92 Å². The summed E-state index contributed by atoms with van der Waals surface area (Å²) in [4.78, 5) is 11.1. The number of carbonyl (C=O) groups excluding carboxylic acids is 1. The van der Waals surface area contributed by atoms with Crippen molar-refractivity contribution in [3.8, 4) is 5.75 Å². The van der Waals surface area contributed by atoms with Gasteiger partial charge in [0.25, 0.3) is 0 Å². The summed E-state index contributed by atoms with van der Waals surface area (Å²) in [5.41, 5.74) is 0.0123. The van der Waals surface area contributed by atoms with E-state index in [1.807, 2.05) is 0 Å². The Bertz CT molecular complexity index is 391. The van der Waals surface area contributed by atoms with Gasteiger partial charge in [0.1, 0.15) is 5.75 Å². The van der Waals surface area contributed by atoms with E-state index in [4.69, 9.17) is 4.74 Å². The van der Waals surface area contributed by atoms with Crippen LogP contribution in [0.4, 0.5) is 8.78 Å².